The van der Waals surface area contributed by atoms with Gasteiger partial charge in [0.1, 0.15) is 30.2 Å². The Labute approximate surface area is 152 Å². The van der Waals surface area contributed by atoms with E-state index >= 15 is 0 Å². The van der Waals surface area contributed by atoms with E-state index in [1.165, 1.54) is 46.6 Å². The van der Waals surface area contributed by atoms with Crippen LogP contribution < -0.4 is 21.3 Å². The quantitative estimate of drug-likeness (QED) is 0.386. The third kappa shape index (κ3) is 5.17. The van der Waals surface area contributed by atoms with Gasteiger partial charge in [-0.05, 0) is 34.6 Å². The van der Waals surface area contributed by atoms with Crippen molar-refractivity contribution in [3.8, 4) is 0 Å². The van der Waals surface area contributed by atoms with Crippen LogP contribution in [0.15, 0.2) is 0 Å². The SMILES string of the molecule is C[C@@H]1NC(=O)[C@H](C)NC(=O)[C@H](C)N(C)C(=O)[C@H](C)NC(=O)[C@H](C)NC1=O. The second-order valence-electron chi connectivity index (χ2n) is 6.55. The smallest absolute Gasteiger partial charge is 0.245 e. The maximum absolute atomic E-state index is 12.4. The van der Waals surface area contributed by atoms with Crippen LogP contribution in [0.25, 0.3) is 0 Å². The van der Waals surface area contributed by atoms with Gasteiger partial charge in [0, 0.05) is 7.05 Å². The van der Waals surface area contributed by atoms with Gasteiger partial charge in [-0.1, -0.05) is 0 Å². The molecule has 1 fully saturated rings. The maximum atomic E-state index is 12.4. The number of nitrogens with zero attached hydrogens (tertiary/aromatic N) is 1. The van der Waals surface area contributed by atoms with Crippen molar-refractivity contribution in [1.29, 1.82) is 0 Å². The summed E-state index contributed by atoms with van der Waals surface area (Å²) in [6.07, 6.45) is 0. The minimum atomic E-state index is -0.901. The zero-order valence-corrected chi connectivity index (χ0v) is 15.9. The Morgan fingerprint density at radius 1 is 0.577 bits per heavy atom. The first-order chi connectivity index (χ1) is 12.0. The minimum Gasteiger partial charge on any atom is -0.343 e. The Morgan fingerprint density at radius 2 is 0.885 bits per heavy atom. The zero-order valence-electron chi connectivity index (χ0n) is 15.9. The van der Waals surface area contributed by atoms with E-state index in [1.807, 2.05) is 0 Å². The molecule has 0 radical (unpaired) electrons. The molecular weight excluding hydrogens is 342 g/mol. The fourth-order valence-electron chi connectivity index (χ4n) is 2.28. The normalized spacial score (nSPS) is 32.6. The number of likely N-dealkylation sites (N-methyl/N-ethyl adjacent to an activating group) is 1. The summed E-state index contributed by atoms with van der Waals surface area (Å²) < 4.78 is 0. The van der Waals surface area contributed by atoms with Gasteiger partial charge < -0.3 is 26.2 Å². The Balaban J connectivity index is 3.10. The van der Waals surface area contributed by atoms with Gasteiger partial charge in [-0.3, -0.25) is 24.0 Å². The lowest BCUT2D eigenvalue weighted by atomic mass is 10.2. The van der Waals surface area contributed by atoms with Crippen LogP contribution in [0.3, 0.4) is 0 Å². The van der Waals surface area contributed by atoms with Gasteiger partial charge in [-0.15, -0.1) is 0 Å². The number of hydrogen-bond acceptors (Lipinski definition) is 5. The van der Waals surface area contributed by atoms with Crippen LogP contribution in [0.4, 0.5) is 0 Å². The molecule has 0 unspecified atom stereocenters. The van der Waals surface area contributed by atoms with Crippen molar-refractivity contribution in [3.05, 3.63) is 0 Å². The molecule has 1 rings (SSSR count). The summed E-state index contributed by atoms with van der Waals surface area (Å²) in [5, 5.41) is 9.95. The summed E-state index contributed by atoms with van der Waals surface area (Å²) in [6, 6.07) is -4.44. The van der Waals surface area contributed by atoms with Crippen molar-refractivity contribution < 1.29 is 24.0 Å². The minimum absolute atomic E-state index is 0.472. The van der Waals surface area contributed by atoms with Crippen LogP contribution in [-0.2, 0) is 24.0 Å². The standard InChI is InChI=1S/C16H27N5O5/c1-7-12(22)18-8(2)14(24)20-10(4)16(26)21(6)11(5)15(25)19-9(3)13(23)17-7/h7-11H,1-6H3,(H,17,23)(H,18,22)(H,19,25)(H,20,24)/t7-,8-,9-,10-,11-/m0/s1. The number of amides is 5. The van der Waals surface area contributed by atoms with E-state index in [0.717, 1.165) is 0 Å². The Hall–Kier alpha value is -2.65. The lowest BCUT2D eigenvalue weighted by Gasteiger charge is -2.28. The van der Waals surface area contributed by atoms with E-state index in [4.69, 9.17) is 0 Å². The first kappa shape index (κ1) is 21.4. The highest BCUT2D eigenvalue weighted by Gasteiger charge is 2.31. The fraction of sp³-hybridized carbons (Fsp3) is 0.688. The van der Waals surface area contributed by atoms with E-state index in [-0.39, 0.29) is 0 Å². The molecule has 5 amide bonds. The molecule has 5 atom stereocenters. The van der Waals surface area contributed by atoms with Crippen LogP contribution >= 0.6 is 0 Å². The molecule has 1 aliphatic rings. The number of nitrogens with one attached hydrogen (secondary N) is 4. The topological polar surface area (TPSA) is 137 Å². The number of hydrogen-bond donors (Lipinski definition) is 4. The van der Waals surface area contributed by atoms with Crippen molar-refractivity contribution in [2.75, 3.05) is 7.05 Å². The van der Waals surface area contributed by atoms with Crippen molar-refractivity contribution in [2.24, 2.45) is 0 Å². The second-order valence-corrected chi connectivity index (χ2v) is 6.55. The van der Waals surface area contributed by atoms with Crippen molar-refractivity contribution >= 4 is 29.5 Å². The van der Waals surface area contributed by atoms with Gasteiger partial charge >= 0.3 is 0 Å². The van der Waals surface area contributed by atoms with Gasteiger partial charge in [0.15, 0.2) is 0 Å². The molecule has 4 N–H and O–H groups in total. The first-order valence-electron chi connectivity index (χ1n) is 8.43. The molecule has 0 aliphatic carbocycles. The molecule has 0 aromatic carbocycles. The van der Waals surface area contributed by atoms with E-state index in [9.17, 15) is 24.0 Å². The average Bonchev–Trinajstić information content (AvgIpc) is 2.58. The van der Waals surface area contributed by atoms with Crippen LogP contribution in [0, 0.1) is 0 Å². The average molecular weight is 369 g/mol. The molecule has 26 heavy (non-hydrogen) atoms. The summed E-state index contributed by atoms with van der Waals surface area (Å²) in [5.74, 6) is -2.66. The highest BCUT2D eigenvalue weighted by atomic mass is 16.2. The number of carbonyl (C=O) groups is 5. The molecule has 10 heteroatoms. The predicted octanol–water partition coefficient (Wildman–Crippen LogP) is -2.13. The van der Waals surface area contributed by atoms with Crippen molar-refractivity contribution in [2.45, 2.75) is 64.8 Å². The van der Waals surface area contributed by atoms with Gasteiger partial charge in [0.2, 0.25) is 29.5 Å². The predicted molar refractivity (Wildman–Crippen MR) is 92.7 cm³/mol. The molecule has 146 valence electrons. The number of rotatable bonds is 0. The monoisotopic (exact) mass is 369 g/mol. The highest BCUT2D eigenvalue weighted by Crippen LogP contribution is 2.02. The molecule has 1 aliphatic heterocycles. The Morgan fingerprint density at radius 3 is 1.27 bits per heavy atom. The molecule has 1 heterocycles. The van der Waals surface area contributed by atoms with E-state index in [2.05, 4.69) is 21.3 Å². The molecule has 0 saturated carbocycles. The van der Waals surface area contributed by atoms with Gasteiger partial charge in [-0.2, -0.15) is 0 Å². The first-order valence-corrected chi connectivity index (χ1v) is 8.43. The summed E-state index contributed by atoms with van der Waals surface area (Å²) in [5.41, 5.74) is 0. The number of carbonyl (C=O) groups excluding carboxylic acids is 5. The molecule has 0 aromatic heterocycles. The molecule has 0 bridgehead atoms. The summed E-state index contributed by atoms with van der Waals surface area (Å²) in [7, 11) is 1.44. The van der Waals surface area contributed by atoms with Gasteiger partial charge in [0.25, 0.3) is 0 Å². The summed E-state index contributed by atoms with van der Waals surface area (Å²) >= 11 is 0. The van der Waals surface area contributed by atoms with Gasteiger partial charge in [0.05, 0.1) is 0 Å². The van der Waals surface area contributed by atoms with Crippen LogP contribution in [0.5, 0.6) is 0 Å². The van der Waals surface area contributed by atoms with Crippen LogP contribution in [0.2, 0.25) is 0 Å². The molecular formula is C16H27N5O5. The van der Waals surface area contributed by atoms with Crippen LogP contribution in [-0.4, -0.2) is 71.7 Å². The molecule has 0 spiro atoms. The van der Waals surface area contributed by atoms with Crippen molar-refractivity contribution in [1.82, 2.24) is 26.2 Å². The van der Waals surface area contributed by atoms with Crippen LogP contribution in [0.1, 0.15) is 34.6 Å². The lowest BCUT2D eigenvalue weighted by Crippen LogP contribution is -2.55. The summed E-state index contributed by atoms with van der Waals surface area (Å²) in [4.78, 5) is 62.3. The largest absolute Gasteiger partial charge is 0.343 e. The Kier molecular flexibility index (Phi) is 7.10. The van der Waals surface area contributed by atoms with E-state index in [1.54, 1.807) is 0 Å². The molecule has 10 nitrogen and oxygen atoms in total. The highest BCUT2D eigenvalue weighted by molar-refractivity contribution is 5.97. The van der Waals surface area contributed by atoms with E-state index < -0.39 is 59.7 Å². The fourth-order valence-corrected chi connectivity index (χ4v) is 2.28. The second kappa shape index (κ2) is 8.63. The molecule has 1 saturated heterocycles. The van der Waals surface area contributed by atoms with E-state index in [0.29, 0.717) is 0 Å². The lowest BCUT2D eigenvalue weighted by molar-refractivity contribution is -0.141. The maximum Gasteiger partial charge on any atom is 0.245 e. The van der Waals surface area contributed by atoms with Gasteiger partial charge in [-0.25, -0.2) is 0 Å². The third-order valence-corrected chi connectivity index (χ3v) is 4.29. The summed E-state index contributed by atoms with van der Waals surface area (Å²) in [6.45, 7) is 7.41. The molecule has 0 aromatic rings. The Bertz CT molecular complexity index is 608. The van der Waals surface area contributed by atoms with Crippen molar-refractivity contribution in [3.63, 3.8) is 0 Å². The third-order valence-electron chi connectivity index (χ3n) is 4.29. The zero-order chi connectivity index (χ0) is 20.2.